The van der Waals surface area contributed by atoms with Crippen molar-refractivity contribution in [1.29, 1.82) is 0 Å². The molecule has 1 atom stereocenters. The van der Waals surface area contributed by atoms with Gasteiger partial charge < -0.3 is 10.1 Å². The molecule has 0 radical (unpaired) electrons. The van der Waals surface area contributed by atoms with Crippen molar-refractivity contribution in [2.24, 2.45) is 0 Å². The molecule has 2 aromatic rings. The van der Waals surface area contributed by atoms with Crippen LogP contribution in [0.2, 0.25) is 0 Å². The van der Waals surface area contributed by atoms with Gasteiger partial charge in [-0.25, -0.2) is 0 Å². The Morgan fingerprint density at radius 1 is 1.30 bits per heavy atom. The average molecular weight is 270 g/mol. The largest absolute Gasteiger partial charge is 0.375 e. The number of hydrogen-bond acceptors (Lipinski definition) is 3. The number of ether oxygens (including phenoxy) is 1. The third kappa shape index (κ3) is 3.42. The normalized spacial score (nSPS) is 11.9. The number of benzene rings is 1. The third-order valence-corrected chi connectivity index (χ3v) is 3.19. The summed E-state index contributed by atoms with van der Waals surface area (Å²) in [6, 6.07) is 11.5. The molecule has 1 unspecified atom stereocenters. The van der Waals surface area contributed by atoms with Crippen molar-refractivity contribution in [3.05, 3.63) is 65.5 Å². The Morgan fingerprint density at radius 3 is 2.75 bits per heavy atom. The van der Waals surface area contributed by atoms with Crippen LogP contribution in [0.15, 0.2) is 48.8 Å². The van der Waals surface area contributed by atoms with Gasteiger partial charge in [0.05, 0.1) is 11.7 Å². The first-order valence-electron chi connectivity index (χ1n) is 6.49. The van der Waals surface area contributed by atoms with Crippen LogP contribution in [0.4, 0.5) is 0 Å². The Hall–Kier alpha value is -2.20. The molecule has 1 heterocycles. The number of aryl methyl sites for hydroxylation is 1. The topological polar surface area (TPSA) is 51.2 Å². The first-order chi connectivity index (χ1) is 9.72. The van der Waals surface area contributed by atoms with E-state index >= 15 is 0 Å². The zero-order valence-corrected chi connectivity index (χ0v) is 11.7. The van der Waals surface area contributed by atoms with Crippen LogP contribution in [0.1, 0.15) is 27.6 Å². The summed E-state index contributed by atoms with van der Waals surface area (Å²) in [5.74, 6) is -0.145. The van der Waals surface area contributed by atoms with Gasteiger partial charge in [-0.15, -0.1) is 0 Å². The van der Waals surface area contributed by atoms with Crippen LogP contribution in [-0.4, -0.2) is 24.5 Å². The molecule has 0 aliphatic rings. The average Bonchev–Trinajstić information content (AvgIpc) is 2.50. The maximum atomic E-state index is 12.0. The lowest BCUT2D eigenvalue weighted by molar-refractivity contribution is 0.0825. The van der Waals surface area contributed by atoms with Crippen LogP contribution in [0.3, 0.4) is 0 Å². The molecule has 1 aromatic carbocycles. The second-order valence-electron chi connectivity index (χ2n) is 4.53. The van der Waals surface area contributed by atoms with E-state index in [9.17, 15) is 4.79 Å². The van der Waals surface area contributed by atoms with E-state index < -0.39 is 0 Å². The lowest BCUT2D eigenvalue weighted by Crippen LogP contribution is -2.29. The Labute approximate surface area is 118 Å². The molecule has 0 spiro atoms. The summed E-state index contributed by atoms with van der Waals surface area (Å²) in [6.07, 6.45) is 3.03. The van der Waals surface area contributed by atoms with Crippen molar-refractivity contribution in [3.8, 4) is 0 Å². The quantitative estimate of drug-likeness (QED) is 0.908. The van der Waals surface area contributed by atoms with Crippen LogP contribution in [0, 0.1) is 6.92 Å². The van der Waals surface area contributed by atoms with Crippen molar-refractivity contribution in [2.75, 3.05) is 13.7 Å². The highest BCUT2D eigenvalue weighted by Crippen LogP contribution is 2.19. The summed E-state index contributed by atoms with van der Waals surface area (Å²) in [6.45, 7) is 2.46. The van der Waals surface area contributed by atoms with Gasteiger partial charge in [0.25, 0.3) is 5.91 Å². The second-order valence-corrected chi connectivity index (χ2v) is 4.53. The van der Waals surface area contributed by atoms with E-state index in [2.05, 4.69) is 10.3 Å². The number of amides is 1. The zero-order valence-electron chi connectivity index (χ0n) is 11.7. The summed E-state index contributed by atoms with van der Waals surface area (Å²) in [4.78, 5) is 15.9. The van der Waals surface area contributed by atoms with E-state index in [0.29, 0.717) is 12.1 Å². The van der Waals surface area contributed by atoms with Crippen molar-refractivity contribution in [3.63, 3.8) is 0 Å². The van der Waals surface area contributed by atoms with Crippen molar-refractivity contribution >= 4 is 5.91 Å². The van der Waals surface area contributed by atoms with Gasteiger partial charge in [-0.2, -0.15) is 0 Å². The monoisotopic (exact) mass is 270 g/mol. The van der Waals surface area contributed by atoms with Gasteiger partial charge in [-0.3, -0.25) is 9.78 Å². The number of aromatic nitrogens is 1. The summed E-state index contributed by atoms with van der Waals surface area (Å²) in [7, 11) is 1.65. The van der Waals surface area contributed by atoms with E-state index in [4.69, 9.17) is 4.74 Å². The summed E-state index contributed by atoms with van der Waals surface area (Å²) < 4.78 is 5.47. The Balaban J connectivity index is 2.02. The molecule has 0 aliphatic heterocycles. The number of nitrogens with one attached hydrogen (secondary N) is 1. The maximum Gasteiger partial charge on any atom is 0.252 e. The fourth-order valence-electron chi connectivity index (χ4n) is 2.05. The molecule has 1 amide bonds. The molecule has 0 saturated heterocycles. The Morgan fingerprint density at radius 2 is 2.10 bits per heavy atom. The number of pyridine rings is 1. The zero-order chi connectivity index (χ0) is 14.4. The predicted octanol–water partition coefficient (Wildman–Crippen LogP) is 2.51. The van der Waals surface area contributed by atoms with Crippen molar-refractivity contribution < 1.29 is 9.53 Å². The van der Waals surface area contributed by atoms with Gasteiger partial charge in [0.15, 0.2) is 0 Å². The smallest absolute Gasteiger partial charge is 0.252 e. The standard InChI is InChI=1S/C16H18N2O2/c1-12-6-3-4-8-14(12)15(20-2)11-18-16(19)13-7-5-9-17-10-13/h3-10,15H,11H2,1-2H3,(H,18,19). The van der Waals surface area contributed by atoms with Gasteiger partial charge in [-0.05, 0) is 30.2 Å². The van der Waals surface area contributed by atoms with Crippen LogP contribution < -0.4 is 5.32 Å². The molecule has 20 heavy (non-hydrogen) atoms. The Kier molecular flexibility index (Phi) is 4.85. The molecule has 0 bridgehead atoms. The van der Waals surface area contributed by atoms with Crippen LogP contribution >= 0.6 is 0 Å². The summed E-state index contributed by atoms with van der Waals surface area (Å²) in [5, 5.41) is 2.87. The minimum atomic E-state index is -0.156. The number of carbonyl (C=O) groups excluding carboxylic acids is 1. The molecule has 1 N–H and O–H groups in total. The third-order valence-electron chi connectivity index (χ3n) is 3.19. The van der Waals surface area contributed by atoms with Gasteiger partial charge in [0.1, 0.15) is 0 Å². The van der Waals surface area contributed by atoms with Crippen LogP contribution in [0.25, 0.3) is 0 Å². The lowest BCUT2D eigenvalue weighted by atomic mass is 10.0. The van der Waals surface area contributed by atoms with E-state index in [-0.39, 0.29) is 12.0 Å². The minimum Gasteiger partial charge on any atom is -0.375 e. The van der Waals surface area contributed by atoms with E-state index in [1.54, 1.807) is 31.6 Å². The van der Waals surface area contributed by atoms with Gasteiger partial charge in [-0.1, -0.05) is 24.3 Å². The molecule has 0 saturated carbocycles. The number of nitrogens with zero attached hydrogens (tertiary/aromatic N) is 1. The maximum absolute atomic E-state index is 12.0. The van der Waals surface area contributed by atoms with Gasteiger partial charge in [0, 0.05) is 26.0 Å². The molecule has 2 rings (SSSR count). The first kappa shape index (κ1) is 14.2. The molecule has 4 nitrogen and oxygen atoms in total. The highest BCUT2D eigenvalue weighted by atomic mass is 16.5. The van der Waals surface area contributed by atoms with E-state index in [1.165, 1.54) is 0 Å². The van der Waals surface area contributed by atoms with Gasteiger partial charge >= 0.3 is 0 Å². The number of carbonyl (C=O) groups is 1. The summed E-state index contributed by atoms with van der Waals surface area (Å²) in [5.41, 5.74) is 2.78. The molecule has 0 aliphatic carbocycles. The highest BCUT2D eigenvalue weighted by Gasteiger charge is 2.14. The lowest BCUT2D eigenvalue weighted by Gasteiger charge is -2.18. The fraction of sp³-hybridized carbons (Fsp3) is 0.250. The number of rotatable bonds is 5. The molecule has 104 valence electrons. The SMILES string of the molecule is COC(CNC(=O)c1cccnc1)c1ccccc1C. The Bertz CT molecular complexity index is 570. The van der Waals surface area contributed by atoms with Crippen molar-refractivity contribution in [1.82, 2.24) is 10.3 Å². The molecular formula is C16H18N2O2. The summed E-state index contributed by atoms with van der Waals surface area (Å²) >= 11 is 0. The molecule has 0 fully saturated rings. The van der Waals surface area contributed by atoms with Crippen LogP contribution in [0.5, 0.6) is 0 Å². The van der Waals surface area contributed by atoms with Gasteiger partial charge in [0.2, 0.25) is 0 Å². The van der Waals surface area contributed by atoms with Crippen molar-refractivity contribution in [2.45, 2.75) is 13.0 Å². The fourth-order valence-corrected chi connectivity index (χ4v) is 2.05. The van der Waals surface area contributed by atoms with Crippen LogP contribution in [-0.2, 0) is 4.74 Å². The number of hydrogen-bond donors (Lipinski definition) is 1. The highest BCUT2D eigenvalue weighted by molar-refractivity contribution is 5.93. The molecular weight excluding hydrogens is 252 g/mol. The second kappa shape index (κ2) is 6.82. The van der Waals surface area contributed by atoms with E-state index in [1.807, 2.05) is 31.2 Å². The predicted molar refractivity (Wildman–Crippen MR) is 77.5 cm³/mol. The molecule has 4 heteroatoms. The molecule has 1 aromatic heterocycles. The van der Waals surface area contributed by atoms with E-state index in [0.717, 1.165) is 11.1 Å². The first-order valence-corrected chi connectivity index (χ1v) is 6.49. The minimum absolute atomic E-state index is 0.145. The number of methoxy groups -OCH3 is 1.